The van der Waals surface area contributed by atoms with Crippen LogP contribution >= 0.6 is 11.6 Å². The lowest BCUT2D eigenvalue weighted by Gasteiger charge is -1.83. The lowest BCUT2D eigenvalue weighted by atomic mass is 10.3. The summed E-state index contributed by atoms with van der Waals surface area (Å²) < 4.78 is 4.86. The Balaban J connectivity index is 3.04. The van der Waals surface area contributed by atoms with Gasteiger partial charge in [-0.15, -0.1) is 0 Å². The Labute approximate surface area is 58.8 Å². The zero-order valence-corrected chi connectivity index (χ0v) is 6.20. The van der Waals surface area contributed by atoms with Crippen LogP contribution in [0.4, 0.5) is 0 Å². The van der Waals surface area contributed by atoms with Crippen molar-refractivity contribution >= 4 is 11.6 Å². The molecule has 0 radical (unpaired) electrons. The maximum Gasteiger partial charge on any atom is 0.155 e. The number of hydrogen-bond donors (Lipinski definition) is 0. The van der Waals surface area contributed by atoms with Crippen molar-refractivity contribution in [2.45, 2.75) is 20.3 Å². The van der Waals surface area contributed by atoms with E-state index in [0.29, 0.717) is 5.02 Å². The molecule has 0 saturated heterocycles. The molecule has 0 aromatic carbocycles. The smallest absolute Gasteiger partial charge is 0.155 e. The highest BCUT2D eigenvalue weighted by Crippen LogP contribution is 2.19. The van der Waals surface area contributed by atoms with Gasteiger partial charge in [-0.05, 0) is 6.92 Å². The summed E-state index contributed by atoms with van der Waals surface area (Å²) in [6.45, 7) is 3.80. The predicted molar refractivity (Wildman–Crippen MR) is 35.6 cm³/mol. The first-order valence-corrected chi connectivity index (χ1v) is 3.24. The summed E-state index contributed by atoms with van der Waals surface area (Å²) in [5.74, 6) is 0.772. The Morgan fingerprint density at radius 1 is 1.67 bits per heavy atom. The Morgan fingerprint density at radius 2 is 2.33 bits per heavy atom. The van der Waals surface area contributed by atoms with Crippen molar-refractivity contribution in [2.24, 2.45) is 0 Å². The van der Waals surface area contributed by atoms with E-state index in [1.165, 1.54) is 0 Å². The summed E-state index contributed by atoms with van der Waals surface area (Å²) in [6.07, 6.45) is 0.805. The molecule has 1 rings (SSSR count). The Hall–Kier alpha value is -0.500. The number of hydrogen-bond acceptors (Lipinski definition) is 2. The second-order valence-electron chi connectivity index (χ2n) is 1.86. The molecule has 0 atom stereocenters. The van der Waals surface area contributed by atoms with E-state index >= 15 is 0 Å². The molecule has 0 amide bonds. The molecule has 0 unspecified atom stereocenters. The van der Waals surface area contributed by atoms with Crippen LogP contribution in [0, 0.1) is 6.92 Å². The lowest BCUT2D eigenvalue weighted by Crippen LogP contribution is -1.73. The van der Waals surface area contributed by atoms with Crippen LogP contribution in [0.3, 0.4) is 0 Å². The maximum absolute atomic E-state index is 5.75. The first-order valence-electron chi connectivity index (χ1n) is 2.86. The van der Waals surface area contributed by atoms with E-state index in [9.17, 15) is 0 Å². The number of aromatic nitrogens is 1. The summed E-state index contributed by atoms with van der Waals surface area (Å²) in [7, 11) is 0. The third kappa shape index (κ3) is 1.08. The quantitative estimate of drug-likeness (QED) is 0.606. The highest BCUT2D eigenvalue weighted by atomic mass is 35.5. The molecule has 2 nitrogen and oxygen atoms in total. The highest BCUT2D eigenvalue weighted by Gasteiger charge is 2.06. The number of halogens is 1. The standard InChI is InChI=1S/C6H8ClNO/c1-3-5-6(7)4(2)8-9-5/h3H2,1-2H3. The Kier molecular flexibility index (Phi) is 1.76. The van der Waals surface area contributed by atoms with E-state index in [2.05, 4.69) is 5.16 Å². The van der Waals surface area contributed by atoms with Gasteiger partial charge in [-0.1, -0.05) is 23.7 Å². The fourth-order valence-corrected chi connectivity index (χ4v) is 0.828. The summed E-state index contributed by atoms with van der Waals surface area (Å²) >= 11 is 5.75. The van der Waals surface area contributed by atoms with Crippen molar-refractivity contribution in [2.75, 3.05) is 0 Å². The van der Waals surface area contributed by atoms with E-state index in [1.807, 2.05) is 13.8 Å². The summed E-state index contributed by atoms with van der Waals surface area (Å²) in [4.78, 5) is 0. The average molecular weight is 146 g/mol. The van der Waals surface area contributed by atoms with Gasteiger partial charge in [0.25, 0.3) is 0 Å². The summed E-state index contributed by atoms with van der Waals surface area (Å²) in [5, 5.41) is 4.34. The second kappa shape index (κ2) is 2.40. The highest BCUT2D eigenvalue weighted by molar-refractivity contribution is 6.31. The molecule has 50 valence electrons. The van der Waals surface area contributed by atoms with Crippen molar-refractivity contribution in [3.05, 3.63) is 16.5 Å². The molecule has 0 bridgehead atoms. The molecule has 0 aliphatic carbocycles. The number of nitrogens with zero attached hydrogens (tertiary/aromatic N) is 1. The van der Waals surface area contributed by atoms with Gasteiger partial charge < -0.3 is 4.52 Å². The molecule has 9 heavy (non-hydrogen) atoms. The molecule has 0 aliphatic heterocycles. The van der Waals surface area contributed by atoms with Crippen LogP contribution in [0.1, 0.15) is 18.4 Å². The number of rotatable bonds is 1. The van der Waals surface area contributed by atoms with Crippen LogP contribution in [-0.2, 0) is 6.42 Å². The lowest BCUT2D eigenvalue weighted by molar-refractivity contribution is 0.383. The van der Waals surface area contributed by atoms with Crippen molar-refractivity contribution in [1.82, 2.24) is 5.16 Å². The zero-order valence-electron chi connectivity index (χ0n) is 5.44. The first-order chi connectivity index (χ1) is 4.25. The van der Waals surface area contributed by atoms with Crippen molar-refractivity contribution in [1.29, 1.82) is 0 Å². The Bertz CT molecular complexity index is 207. The third-order valence-electron chi connectivity index (χ3n) is 1.18. The normalized spacial score (nSPS) is 10.1. The largest absolute Gasteiger partial charge is 0.360 e. The topological polar surface area (TPSA) is 26.0 Å². The van der Waals surface area contributed by atoms with E-state index in [1.54, 1.807) is 0 Å². The van der Waals surface area contributed by atoms with Crippen molar-refractivity contribution < 1.29 is 4.52 Å². The van der Waals surface area contributed by atoms with Crippen LogP contribution in [0.15, 0.2) is 4.52 Å². The van der Waals surface area contributed by atoms with Gasteiger partial charge in [-0.2, -0.15) is 0 Å². The van der Waals surface area contributed by atoms with E-state index in [4.69, 9.17) is 16.1 Å². The zero-order chi connectivity index (χ0) is 6.85. The second-order valence-corrected chi connectivity index (χ2v) is 2.24. The van der Waals surface area contributed by atoms with E-state index < -0.39 is 0 Å². The molecule has 3 heteroatoms. The van der Waals surface area contributed by atoms with Crippen LogP contribution < -0.4 is 0 Å². The fraction of sp³-hybridized carbons (Fsp3) is 0.500. The van der Waals surface area contributed by atoms with Gasteiger partial charge >= 0.3 is 0 Å². The van der Waals surface area contributed by atoms with Gasteiger partial charge in [0.1, 0.15) is 5.02 Å². The van der Waals surface area contributed by atoms with Crippen LogP contribution in [0.5, 0.6) is 0 Å². The van der Waals surface area contributed by atoms with Gasteiger partial charge in [0.15, 0.2) is 5.76 Å². The molecule has 0 N–H and O–H groups in total. The molecule has 0 saturated carbocycles. The van der Waals surface area contributed by atoms with E-state index in [0.717, 1.165) is 17.9 Å². The van der Waals surface area contributed by atoms with Crippen molar-refractivity contribution in [3.63, 3.8) is 0 Å². The van der Waals surface area contributed by atoms with E-state index in [-0.39, 0.29) is 0 Å². The van der Waals surface area contributed by atoms with Gasteiger partial charge in [-0.25, -0.2) is 0 Å². The first kappa shape index (κ1) is 6.62. The van der Waals surface area contributed by atoms with Gasteiger partial charge in [0.05, 0.1) is 5.69 Å². The van der Waals surface area contributed by atoms with Gasteiger partial charge in [-0.3, -0.25) is 0 Å². The summed E-state index contributed by atoms with van der Waals surface area (Å²) in [5.41, 5.74) is 0.772. The number of aryl methyl sites for hydroxylation is 2. The van der Waals surface area contributed by atoms with Crippen LogP contribution in [-0.4, -0.2) is 5.16 Å². The van der Waals surface area contributed by atoms with Crippen LogP contribution in [0.25, 0.3) is 0 Å². The monoisotopic (exact) mass is 145 g/mol. The minimum Gasteiger partial charge on any atom is -0.360 e. The average Bonchev–Trinajstić information content (AvgIpc) is 2.15. The molecule has 1 aromatic rings. The molecular weight excluding hydrogens is 138 g/mol. The SMILES string of the molecule is CCc1onc(C)c1Cl. The molecule has 1 aromatic heterocycles. The van der Waals surface area contributed by atoms with Crippen molar-refractivity contribution in [3.8, 4) is 0 Å². The molecule has 0 fully saturated rings. The molecule has 0 spiro atoms. The minimum atomic E-state index is 0.664. The predicted octanol–water partition coefficient (Wildman–Crippen LogP) is 2.20. The van der Waals surface area contributed by atoms with Gasteiger partial charge in [0, 0.05) is 6.42 Å². The molecule has 0 aliphatic rings. The maximum atomic E-state index is 5.75. The molecule has 1 heterocycles. The van der Waals surface area contributed by atoms with Gasteiger partial charge in [0.2, 0.25) is 0 Å². The third-order valence-corrected chi connectivity index (χ3v) is 1.66. The summed E-state index contributed by atoms with van der Waals surface area (Å²) in [6, 6.07) is 0. The molecular formula is C6H8ClNO. The van der Waals surface area contributed by atoms with Crippen LogP contribution in [0.2, 0.25) is 5.02 Å². The minimum absolute atomic E-state index is 0.664. The fourth-order valence-electron chi connectivity index (χ4n) is 0.625. The Morgan fingerprint density at radius 3 is 2.56 bits per heavy atom.